The Balaban J connectivity index is 1.71. The monoisotopic (exact) mass is 349 g/mol. The first-order valence-corrected chi connectivity index (χ1v) is 9.22. The Hall–Kier alpha value is -3.12. The van der Waals surface area contributed by atoms with Crippen LogP contribution in [0.25, 0.3) is 16.7 Å². The van der Waals surface area contributed by atoms with Crippen LogP contribution in [0.1, 0.15) is 0 Å². The van der Waals surface area contributed by atoms with E-state index in [0.717, 1.165) is 16.7 Å². The molecule has 0 atom stereocenters. The highest BCUT2D eigenvalue weighted by molar-refractivity contribution is 7.92. The molecule has 1 N–H and O–H groups in total. The summed E-state index contributed by atoms with van der Waals surface area (Å²) in [5.41, 5.74) is 3.18. The number of imidazole rings is 1. The first-order valence-electron chi connectivity index (χ1n) is 7.74. The Labute approximate surface area is 145 Å². The summed E-state index contributed by atoms with van der Waals surface area (Å²) >= 11 is 0. The molecule has 25 heavy (non-hydrogen) atoms. The molecule has 124 valence electrons. The maximum atomic E-state index is 12.5. The Morgan fingerprint density at radius 2 is 1.60 bits per heavy atom. The number of hydrogen-bond acceptors (Lipinski definition) is 3. The van der Waals surface area contributed by atoms with E-state index in [4.69, 9.17) is 0 Å². The highest BCUT2D eigenvalue weighted by Crippen LogP contribution is 2.22. The second kappa shape index (κ2) is 6.07. The molecule has 0 fully saturated rings. The zero-order chi connectivity index (χ0) is 17.3. The van der Waals surface area contributed by atoms with E-state index in [1.165, 1.54) is 0 Å². The Morgan fingerprint density at radius 1 is 0.840 bits per heavy atom. The van der Waals surface area contributed by atoms with Gasteiger partial charge >= 0.3 is 0 Å². The minimum Gasteiger partial charge on any atom is -0.299 e. The number of nitrogens with zero attached hydrogens (tertiary/aromatic N) is 2. The van der Waals surface area contributed by atoms with Crippen LogP contribution >= 0.6 is 0 Å². The predicted octanol–water partition coefficient (Wildman–Crippen LogP) is 3.83. The summed E-state index contributed by atoms with van der Waals surface area (Å²) in [4.78, 5) is 4.60. The van der Waals surface area contributed by atoms with Crippen LogP contribution in [0.15, 0.2) is 90.1 Å². The highest BCUT2D eigenvalue weighted by Gasteiger charge is 2.14. The van der Waals surface area contributed by atoms with Gasteiger partial charge in [0.25, 0.3) is 10.0 Å². The molecule has 0 radical (unpaired) electrons. The minimum absolute atomic E-state index is 0.230. The van der Waals surface area contributed by atoms with Gasteiger partial charge in [-0.3, -0.25) is 9.29 Å². The van der Waals surface area contributed by atoms with Crippen LogP contribution in [-0.2, 0) is 10.0 Å². The lowest BCUT2D eigenvalue weighted by molar-refractivity contribution is 0.601. The van der Waals surface area contributed by atoms with E-state index >= 15 is 0 Å². The summed E-state index contributed by atoms with van der Waals surface area (Å²) in [7, 11) is -3.62. The minimum atomic E-state index is -3.62. The third-order valence-electron chi connectivity index (χ3n) is 3.88. The largest absolute Gasteiger partial charge is 0.299 e. The van der Waals surface area contributed by atoms with Gasteiger partial charge in [-0.1, -0.05) is 36.4 Å². The number of para-hydroxylation sites is 2. The molecule has 0 bridgehead atoms. The zero-order valence-electron chi connectivity index (χ0n) is 13.2. The number of rotatable bonds is 4. The third-order valence-corrected chi connectivity index (χ3v) is 5.28. The highest BCUT2D eigenvalue weighted by atomic mass is 32.2. The van der Waals surface area contributed by atoms with Crippen molar-refractivity contribution in [3.05, 3.63) is 85.2 Å². The Kier molecular flexibility index (Phi) is 3.74. The number of benzene rings is 3. The van der Waals surface area contributed by atoms with Crippen LogP contribution in [0.5, 0.6) is 0 Å². The maximum absolute atomic E-state index is 12.5. The van der Waals surface area contributed by atoms with Gasteiger partial charge in [-0.25, -0.2) is 13.4 Å². The summed E-state index contributed by atoms with van der Waals surface area (Å²) in [5.74, 6) is 0. The molecule has 1 aromatic heterocycles. The number of aromatic nitrogens is 2. The molecule has 5 nitrogen and oxygen atoms in total. The summed E-state index contributed by atoms with van der Waals surface area (Å²) < 4.78 is 29.5. The molecule has 0 unspecified atom stereocenters. The van der Waals surface area contributed by atoms with E-state index < -0.39 is 10.0 Å². The molecule has 0 saturated carbocycles. The Bertz CT molecular complexity index is 1140. The van der Waals surface area contributed by atoms with Gasteiger partial charge in [0.1, 0.15) is 6.33 Å². The number of nitrogens with one attached hydrogen (secondary N) is 1. The van der Waals surface area contributed by atoms with E-state index in [1.807, 2.05) is 41.0 Å². The molecule has 0 spiro atoms. The molecular formula is C19H15N3O2S. The fourth-order valence-electron chi connectivity index (χ4n) is 2.70. The van der Waals surface area contributed by atoms with Crippen LogP contribution in [0.4, 0.5) is 5.69 Å². The first kappa shape index (κ1) is 15.4. The molecule has 0 saturated heterocycles. The second-order valence-corrected chi connectivity index (χ2v) is 7.25. The normalized spacial score (nSPS) is 11.5. The number of hydrogen-bond donors (Lipinski definition) is 1. The van der Waals surface area contributed by atoms with Crippen molar-refractivity contribution in [1.29, 1.82) is 0 Å². The smallest absolute Gasteiger partial charge is 0.261 e. The Morgan fingerprint density at radius 3 is 2.44 bits per heavy atom. The second-order valence-electron chi connectivity index (χ2n) is 5.57. The molecule has 4 rings (SSSR count). The molecular weight excluding hydrogens is 334 g/mol. The van der Waals surface area contributed by atoms with E-state index in [0.29, 0.717) is 5.69 Å². The maximum Gasteiger partial charge on any atom is 0.261 e. The van der Waals surface area contributed by atoms with Gasteiger partial charge < -0.3 is 0 Å². The third kappa shape index (κ3) is 2.99. The molecule has 6 heteroatoms. The van der Waals surface area contributed by atoms with Crippen molar-refractivity contribution >= 4 is 26.7 Å². The van der Waals surface area contributed by atoms with Crippen LogP contribution in [-0.4, -0.2) is 18.0 Å². The van der Waals surface area contributed by atoms with Crippen LogP contribution in [0, 0.1) is 0 Å². The van der Waals surface area contributed by atoms with Gasteiger partial charge in [-0.05, 0) is 42.5 Å². The van der Waals surface area contributed by atoms with Crippen molar-refractivity contribution in [2.24, 2.45) is 0 Å². The molecule has 0 aliphatic carbocycles. The standard InChI is InChI=1S/C19H15N3O2S/c23-25(24,17-9-2-1-3-10-17)21-15-7-6-8-16(13-15)22-14-20-18-11-4-5-12-19(18)22/h1-14,21H. The average molecular weight is 349 g/mol. The predicted molar refractivity (Wildman–Crippen MR) is 98.3 cm³/mol. The lowest BCUT2D eigenvalue weighted by Crippen LogP contribution is -2.12. The number of fused-ring (bicyclic) bond motifs is 1. The van der Waals surface area contributed by atoms with Crippen molar-refractivity contribution < 1.29 is 8.42 Å². The molecule has 3 aromatic carbocycles. The van der Waals surface area contributed by atoms with Crippen molar-refractivity contribution in [2.45, 2.75) is 4.90 Å². The van der Waals surface area contributed by atoms with Crippen molar-refractivity contribution in [2.75, 3.05) is 4.72 Å². The van der Waals surface area contributed by atoms with Gasteiger partial charge in [0.05, 0.1) is 21.6 Å². The molecule has 0 aliphatic heterocycles. The lowest BCUT2D eigenvalue weighted by atomic mass is 10.2. The summed E-state index contributed by atoms with van der Waals surface area (Å²) in [6, 6.07) is 23.3. The average Bonchev–Trinajstić information content (AvgIpc) is 3.06. The topological polar surface area (TPSA) is 64.0 Å². The molecule has 1 heterocycles. The fourth-order valence-corrected chi connectivity index (χ4v) is 3.77. The van der Waals surface area contributed by atoms with Gasteiger partial charge in [-0.2, -0.15) is 0 Å². The van der Waals surface area contributed by atoms with Crippen LogP contribution < -0.4 is 4.72 Å². The van der Waals surface area contributed by atoms with E-state index in [9.17, 15) is 8.42 Å². The van der Waals surface area contributed by atoms with Gasteiger partial charge in [0.2, 0.25) is 0 Å². The molecule has 0 amide bonds. The number of sulfonamides is 1. The summed E-state index contributed by atoms with van der Waals surface area (Å²) in [6.45, 7) is 0. The van der Waals surface area contributed by atoms with Crippen molar-refractivity contribution in [3.8, 4) is 5.69 Å². The summed E-state index contributed by atoms with van der Waals surface area (Å²) in [6.07, 6.45) is 1.73. The molecule has 4 aromatic rings. The van der Waals surface area contributed by atoms with Crippen LogP contribution in [0.3, 0.4) is 0 Å². The first-order chi connectivity index (χ1) is 12.1. The van der Waals surface area contributed by atoms with Crippen molar-refractivity contribution in [3.63, 3.8) is 0 Å². The zero-order valence-corrected chi connectivity index (χ0v) is 14.0. The van der Waals surface area contributed by atoms with Gasteiger partial charge in [0, 0.05) is 5.69 Å². The van der Waals surface area contributed by atoms with Gasteiger partial charge in [0.15, 0.2) is 0 Å². The van der Waals surface area contributed by atoms with Crippen LogP contribution in [0.2, 0.25) is 0 Å². The van der Waals surface area contributed by atoms with Gasteiger partial charge in [-0.15, -0.1) is 0 Å². The SMILES string of the molecule is O=S(=O)(Nc1cccc(-n2cnc3ccccc32)c1)c1ccccc1. The summed E-state index contributed by atoms with van der Waals surface area (Å²) in [5, 5.41) is 0. The molecule has 0 aliphatic rings. The quantitative estimate of drug-likeness (QED) is 0.609. The van der Waals surface area contributed by atoms with E-state index in [-0.39, 0.29) is 4.90 Å². The van der Waals surface area contributed by atoms with E-state index in [2.05, 4.69) is 9.71 Å². The fraction of sp³-hybridized carbons (Fsp3) is 0. The van der Waals surface area contributed by atoms with Crippen molar-refractivity contribution in [1.82, 2.24) is 9.55 Å². The lowest BCUT2D eigenvalue weighted by Gasteiger charge is -2.10. The number of anilines is 1. The van der Waals surface area contributed by atoms with E-state index in [1.54, 1.807) is 48.8 Å².